The van der Waals surface area contributed by atoms with Gasteiger partial charge in [-0.2, -0.15) is 0 Å². The van der Waals surface area contributed by atoms with Crippen LogP contribution >= 0.6 is 0 Å². The molecule has 3 aliphatic rings. The normalized spacial score (nSPS) is 25.6. The number of fused-ring (bicyclic) bond motifs is 1. The van der Waals surface area contributed by atoms with Crippen LogP contribution in [0.25, 0.3) is 10.9 Å². The summed E-state index contributed by atoms with van der Waals surface area (Å²) in [6.45, 7) is 2.18. The van der Waals surface area contributed by atoms with Gasteiger partial charge in [-0.15, -0.1) is 0 Å². The van der Waals surface area contributed by atoms with Gasteiger partial charge in [-0.1, -0.05) is 94.0 Å². The van der Waals surface area contributed by atoms with Crippen LogP contribution in [-0.4, -0.2) is 107 Å². The van der Waals surface area contributed by atoms with Crippen molar-refractivity contribution in [1.29, 1.82) is 0 Å². The minimum Gasteiger partial charge on any atom is -0.370 e. The number of para-hydroxylation sites is 1. The van der Waals surface area contributed by atoms with Crippen LogP contribution in [0.3, 0.4) is 0 Å². The first-order chi connectivity index (χ1) is 35.6. The molecule has 6 rings (SSSR count). The summed E-state index contributed by atoms with van der Waals surface area (Å²) >= 11 is 0. The fourth-order valence-electron chi connectivity index (χ4n) is 10.7. The molecule has 1 aromatic heterocycles. The van der Waals surface area contributed by atoms with E-state index in [9.17, 15) is 33.6 Å². The second-order valence-electron chi connectivity index (χ2n) is 20.4. The monoisotopic (exact) mass is 1020 g/mol. The number of aliphatic imine (C=N–C) groups is 1. The van der Waals surface area contributed by atoms with E-state index in [1.165, 1.54) is 6.42 Å². The summed E-state index contributed by atoms with van der Waals surface area (Å²) in [4.78, 5) is 121. The molecule has 2 aliphatic carbocycles. The molecule has 1 spiro atoms. The number of primary amides is 1. The maximum absolute atomic E-state index is 15.2. The van der Waals surface area contributed by atoms with E-state index in [1.807, 2.05) is 37.3 Å². The summed E-state index contributed by atoms with van der Waals surface area (Å²) in [5, 5.41) is 20.9. The molecule has 20 heteroatoms. The Morgan fingerprint density at radius 1 is 0.703 bits per heavy atom. The van der Waals surface area contributed by atoms with Crippen molar-refractivity contribution in [2.24, 2.45) is 34.0 Å². The smallest absolute Gasteiger partial charge is 0.246 e. The number of carbonyl (C=O) groups is 8. The number of hydrogen-bond donors (Lipinski definition) is 11. The number of guanidine groups is 1. The Kier molecular flexibility index (Phi) is 21.2. The van der Waals surface area contributed by atoms with Crippen LogP contribution in [0.4, 0.5) is 0 Å². The molecule has 1 aliphatic heterocycles. The van der Waals surface area contributed by atoms with Crippen LogP contribution in [0.2, 0.25) is 0 Å². The van der Waals surface area contributed by atoms with Gasteiger partial charge in [0.15, 0.2) is 5.96 Å². The Morgan fingerprint density at radius 3 is 2.07 bits per heavy atom. The summed E-state index contributed by atoms with van der Waals surface area (Å²) in [5.74, 6) is -4.59. The third-order valence-electron chi connectivity index (χ3n) is 14.9. The number of nitrogens with one attached hydrogen (secondary N) is 8. The lowest BCUT2D eigenvalue weighted by atomic mass is 9.68. The van der Waals surface area contributed by atoms with Crippen LogP contribution in [0.5, 0.6) is 0 Å². The van der Waals surface area contributed by atoms with Crippen LogP contribution in [0, 0.1) is 11.8 Å². The molecule has 5 atom stereocenters. The maximum atomic E-state index is 15.2. The minimum absolute atomic E-state index is 0.00631. The quantitative estimate of drug-likeness (QED) is 0.0637. The van der Waals surface area contributed by atoms with Gasteiger partial charge in [0.1, 0.15) is 35.7 Å². The van der Waals surface area contributed by atoms with Gasteiger partial charge in [0.2, 0.25) is 47.3 Å². The number of aromatic nitrogens is 1. The number of rotatable bonds is 14. The Hall–Kier alpha value is -6.99. The molecule has 1 saturated heterocycles. The second-order valence-corrected chi connectivity index (χ2v) is 20.4. The lowest BCUT2D eigenvalue weighted by molar-refractivity contribution is -0.140. The number of benzene rings is 2. The van der Waals surface area contributed by atoms with Crippen LogP contribution in [0.15, 0.2) is 65.8 Å². The molecule has 0 unspecified atom stereocenters. The Morgan fingerprint density at radius 2 is 1.35 bits per heavy atom. The van der Waals surface area contributed by atoms with Gasteiger partial charge in [-0.25, -0.2) is 0 Å². The van der Waals surface area contributed by atoms with Crippen molar-refractivity contribution < 1.29 is 38.4 Å². The van der Waals surface area contributed by atoms with Crippen molar-refractivity contribution in [2.45, 2.75) is 171 Å². The predicted octanol–water partition coefficient (Wildman–Crippen LogP) is 2.42. The molecule has 0 bridgehead atoms. The first-order valence-corrected chi connectivity index (χ1v) is 26.7. The van der Waals surface area contributed by atoms with E-state index in [-0.39, 0.29) is 70.4 Å². The molecule has 402 valence electrons. The third kappa shape index (κ3) is 16.5. The first-order valence-electron chi connectivity index (χ1n) is 26.7. The number of nitrogens with two attached hydrogens (primary N) is 3. The first kappa shape index (κ1) is 56.3. The highest BCUT2D eigenvalue weighted by Gasteiger charge is 2.47. The SMILES string of the molecule is CCCCC(=O)N[C@H]1CC(=O)NCCCC[C@@H](C(N)=O)NC(=O)[C@H](Cc2c[nH]c3ccccc23)NC(=O)[C@H](CCCN=C(N)N)NC(=O)[C@@H](Cc2ccccc2)NC(=O)C2(CCC(C3CCCCC3)CC2)NC1=O. The summed E-state index contributed by atoms with van der Waals surface area (Å²) in [7, 11) is 0. The second kappa shape index (κ2) is 27.9. The van der Waals surface area contributed by atoms with Gasteiger partial charge in [0.05, 0.1) is 6.42 Å². The molecule has 2 saturated carbocycles. The minimum atomic E-state index is -1.54. The highest BCUT2D eigenvalue weighted by Crippen LogP contribution is 2.42. The fraction of sp³-hybridized carbons (Fsp3) is 0.574. The lowest BCUT2D eigenvalue weighted by Gasteiger charge is -2.43. The number of amides is 8. The van der Waals surface area contributed by atoms with Gasteiger partial charge in [-0.3, -0.25) is 43.3 Å². The van der Waals surface area contributed by atoms with Crippen LogP contribution in [0.1, 0.15) is 134 Å². The van der Waals surface area contributed by atoms with Crippen LogP contribution < -0.4 is 54.4 Å². The van der Waals surface area contributed by atoms with Crippen molar-refractivity contribution in [1.82, 2.24) is 42.2 Å². The fourth-order valence-corrected chi connectivity index (χ4v) is 10.7. The largest absolute Gasteiger partial charge is 0.370 e. The van der Waals surface area contributed by atoms with E-state index < -0.39 is 89.4 Å². The summed E-state index contributed by atoms with van der Waals surface area (Å²) < 4.78 is 0. The average Bonchev–Trinajstić information content (AvgIpc) is 3.80. The lowest BCUT2D eigenvalue weighted by Crippen LogP contribution is -2.66. The van der Waals surface area contributed by atoms with E-state index in [2.05, 4.69) is 47.2 Å². The van der Waals surface area contributed by atoms with E-state index in [0.717, 1.165) is 43.0 Å². The molecule has 2 heterocycles. The summed E-state index contributed by atoms with van der Waals surface area (Å²) in [5.41, 5.74) is 17.7. The Labute approximate surface area is 433 Å². The molecule has 2 aromatic carbocycles. The average molecular weight is 1020 g/mol. The van der Waals surface area contributed by atoms with Gasteiger partial charge < -0.3 is 59.4 Å². The molecule has 20 nitrogen and oxygen atoms in total. The van der Waals surface area contributed by atoms with Gasteiger partial charge in [-0.05, 0) is 93.2 Å². The highest BCUT2D eigenvalue weighted by atomic mass is 16.2. The molecule has 14 N–H and O–H groups in total. The number of hydrogen-bond acceptors (Lipinski definition) is 9. The number of aromatic amines is 1. The van der Waals surface area contributed by atoms with Gasteiger partial charge in [0.25, 0.3) is 0 Å². The molecule has 0 radical (unpaired) electrons. The van der Waals surface area contributed by atoms with Crippen LogP contribution in [-0.2, 0) is 51.2 Å². The summed E-state index contributed by atoms with van der Waals surface area (Å²) in [6, 6.07) is 10.1. The molecule has 8 amide bonds. The molecular weight excluding hydrogens is 945 g/mol. The van der Waals surface area contributed by atoms with E-state index in [0.29, 0.717) is 55.1 Å². The van der Waals surface area contributed by atoms with Crippen molar-refractivity contribution in [3.05, 3.63) is 71.9 Å². The number of nitrogens with zero attached hydrogens (tertiary/aromatic N) is 1. The number of H-pyrrole nitrogens is 1. The molecule has 3 fully saturated rings. The number of unbranched alkanes of at least 4 members (excludes halogenated alkanes) is 1. The zero-order chi connectivity index (χ0) is 53.0. The Bertz CT molecular complexity index is 2430. The topological polar surface area (TPSA) is 327 Å². The zero-order valence-corrected chi connectivity index (χ0v) is 42.8. The van der Waals surface area contributed by atoms with E-state index in [4.69, 9.17) is 17.2 Å². The third-order valence-corrected chi connectivity index (χ3v) is 14.9. The number of carbonyl (C=O) groups excluding carboxylic acids is 8. The van der Waals surface area contributed by atoms with E-state index >= 15 is 4.79 Å². The van der Waals surface area contributed by atoms with Gasteiger partial charge in [0, 0.05) is 49.5 Å². The van der Waals surface area contributed by atoms with Crippen molar-refractivity contribution >= 4 is 64.1 Å². The van der Waals surface area contributed by atoms with Crippen molar-refractivity contribution in [2.75, 3.05) is 13.1 Å². The zero-order valence-electron chi connectivity index (χ0n) is 42.8. The Balaban J connectivity index is 1.38. The van der Waals surface area contributed by atoms with Crippen molar-refractivity contribution in [3.8, 4) is 0 Å². The summed E-state index contributed by atoms with van der Waals surface area (Å²) in [6.07, 6.45) is 11.1. The van der Waals surface area contributed by atoms with Crippen molar-refractivity contribution in [3.63, 3.8) is 0 Å². The molecule has 74 heavy (non-hydrogen) atoms. The maximum Gasteiger partial charge on any atom is 0.246 e. The van der Waals surface area contributed by atoms with Gasteiger partial charge >= 0.3 is 0 Å². The van der Waals surface area contributed by atoms with E-state index in [1.54, 1.807) is 30.5 Å². The predicted molar refractivity (Wildman–Crippen MR) is 281 cm³/mol. The standard InChI is InChI=1S/C54H78N12O8/c1-2-3-23-45(67)61-44-32-46(68)58-28-13-12-21-40(47(55)69)62-50(72)43(31-37-33-60-39-20-11-10-19-38(37)39)64-48(70)41(22-14-29-59-53(56)57)63-49(71)42(30-34-15-6-4-7-16-34)65-52(74)54(66-51(44)73)26-24-36(25-27-54)35-17-8-5-9-18-35/h4,6-7,10-11,15-16,19-20,33,35-36,40-44,60H,2-3,5,8-9,12-14,17-18,21-32H2,1H3,(H2,55,69)(H,58,68)(H,61,67)(H,62,72)(H,63,71)(H,64,70)(H,65,74)(H,66,73)(H4,56,57,59)/t36?,40-,41-,42+,43-,44-,54?/m0/s1. The molecular formula is C54H78N12O8. The highest BCUT2D eigenvalue weighted by molar-refractivity contribution is 6.00. The molecule has 3 aromatic rings.